The van der Waals surface area contributed by atoms with Crippen molar-refractivity contribution in [2.45, 2.75) is 24.2 Å². The minimum atomic E-state index is -2.76. The molecule has 88 valence electrons. The SMILES string of the molecule is NCC1(c2ccc(O)cc2F)CC(F)(F)C1. The van der Waals surface area contributed by atoms with Crippen LogP contribution >= 0.6 is 0 Å². The molecular weight excluding hydrogens is 219 g/mol. The van der Waals surface area contributed by atoms with Gasteiger partial charge in [0.2, 0.25) is 5.92 Å². The van der Waals surface area contributed by atoms with E-state index >= 15 is 0 Å². The molecule has 1 fully saturated rings. The second kappa shape index (κ2) is 3.38. The maximum Gasteiger partial charge on any atom is 0.250 e. The lowest BCUT2D eigenvalue weighted by molar-refractivity contribution is -0.124. The van der Waals surface area contributed by atoms with Crippen molar-refractivity contribution >= 4 is 0 Å². The molecule has 1 aromatic rings. The van der Waals surface area contributed by atoms with E-state index in [1.54, 1.807) is 0 Å². The van der Waals surface area contributed by atoms with Crippen LogP contribution in [0.1, 0.15) is 18.4 Å². The molecule has 0 heterocycles. The van der Waals surface area contributed by atoms with Crippen LogP contribution in [0.15, 0.2) is 18.2 Å². The van der Waals surface area contributed by atoms with Gasteiger partial charge in [0, 0.05) is 30.9 Å². The van der Waals surface area contributed by atoms with Crippen molar-refractivity contribution in [1.82, 2.24) is 0 Å². The van der Waals surface area contributed by atoms with Gasteiger partial charge >= 0.3 is 0 Å². The van der Waals surface area contributed by atoms with Gasteiger partial charge in [-0.05, 0) is 11.6 Å². The Morgan fingerprint density at radius 2 is 1.94 bits per heavy atom. The lowest BCUT2D eigenvalue weighted by Gasteiger charge is -2.47. The van der Waals surface area contributed by atoms with E-state index in [2.05, 4.69) is 0 Å². The van der Waals surface area contributed by atoms with Gasteiger partial charge in [0.05, 0.1) is 0 Å². The minimum Gasteiger partial charge on any atom is -0.508 e. The Morgan fingerprint density at radius 3 is 2.38 bits per heavy atom. The van der Waals surface area contributed by atoms with Gasteiger partial charge in [-0.2, -0.15) is 0 Å². The van der Waals surface area contributed by atoms with Gasteiger partial charge in [0.25, 0.3) is 0 Å². The minimum absolute atomic E-state index is 0.0235. The summed E-state index contributed by atoms with van der Waals surface area (Å²) in [6.07, 6.45) is -0.865. The predicted octanol–water partition coefficient (Wildman–Crippen LogP) is 2.16. The highest BCUT2D eigenvalue weighted by molar-refractivity contribution is 5.36. The first-order valence-electron chi connectivity index (χ1n) is 4.95. The number of hydrogen-bond donors (Lipinski definition) is 2. The van der Waals surface area contributed by atoms with E-state index in [9.17, 15) is 13.2 Å². The van der Waals surface area contributed by atoms with E-state index in [1.807, 2.05) is 0 Å². The van der Waals surface area contributed by atoms with Crippen molar-refractivity contribution in [2.24, 2.45) is 5.73 Å². The van der Waals surface area contributed by atoms with Gasteiger partial charge in [0.15, 0.2) is 0 Å². The third kappa shape index (κ3) is 1.65. The fourth-order valence-electron chi connectivity index (χ4n) is 2.32. The van der Waals surface area contributed by atoms with E-state index in [0.717, 1.165) is 6.07 Å². The van der Waals surface area contributed by atoms with Crippen LogP contribution in [0.2, 0.25) is 0 Å². The second-order valence-electron chi connectivity index (χ2n) is 4.36. The molecule has 0 spiro atoms. The summed E-state index contributed by atoms with van der Waals surface area (Å²) < 4.78 is 39.3. The Bertz CT molecular complexity index is 412. The first-order chi connectivity index (χ1) is 7.38. The lowest BCUT2D eigenvalue weighted by atomic mass is 9.62. The molecule has 0 bridgehead atoms. The zero-order valence-electron chi connectivity index (χ0n) is 8.51. The van der Waals surface area contributed by atoms with E-state index in [1.165, 1.54) is 12.1 Å². The number of halogens is 3. The Balaban J connectivity index is 2.36. The summed E-state index contributed by atoms with van der Waals surface area (Å²) in [7, 11) is 0. The van der Waals surface area contributed by atoms with Crippen LogP contribution < -0.4 is 5.73 Å². The topological polar surface area (TPSA) is 46.2 Å². The summed E-state index contributed by atoms with van der Waals surface area (Å²) >= 11 is 0. The lowest BCUT2D eigenvalue weighted by Crippen LogP contribution is -2.54. The molecule has 2 nitrogen and oxygen atoms in total. The molecule has 0 aromatic heterocycles. The zero-order valence-corrected chi connectivity index (χ0v) is 8.51. The van der Waals surface area contributed by atoms with Gasteiger partial charge in [-0.3, -0.25) is 0 Å². The number of nitrogens with two attached hydrogens (primary N) is 1. The summed E-state index contributed by atoms with van der Waals surface area (Å²) in [6.45, 7) is -0.0235. The Kier molecular flexibility index (Phi) is 2.38. The molecule has 0 saturated heterocycles. The number of rotatable bonds is 2. The molecule has 0 amide bonds. The van der Waals surface area contributed by atoms with Gasteiger partial charge in [-0.1, -0.05) is 6.07 Å². The molecule has 3 N–H and O–H groups in total. The summed E-state index contributed by atoms with van der Waals surface area (Å²) in [5.41, 5.74) is 4.65. The molecule has 0 radical (unpaired) electrons. The maximum absolute atomic E-state index is 13.5. The van der Waals surface area contributed by atoms with Crippen LogP contribution in [-0.2, 0) is 5.41 Å². The second-order valence-corrected chi connectivity index (χ2v) is 4.36. The Morgan fingerprint density at radius 1 is 1.31 bits per heavy atom. The van der Waals surface area contributed by atoms with E-state index in [-0.39, 0.29) is 17.9 Å². The van der Waals surface area contributed by atoms with Crippen LogP contribution in [-0.4, -0.2) is 17.6 Å². The van der Waals surface area contributed by atoms with Gasteiger partial charge in [-0.25, -0.2) is 13.2 Å². The quantitative estimate of drug-likeness (QED) is 0.819. The van der Waals surface area contributed by atoms with E-state index in [0.29, 0.717) is 0 Å². The number of benzene rings is 1. The van der Waals surface area contributed by atoms with Crippen LogP contribution in [0.25, 0.3) is 0 Å². The Hall–Kier alpha value is -1.23. The summed E-state index contributed by atoms with van der Waals surface area (Å²) in [6, 6.07) is 3.53. The highest BCUT2D eigenvalue weighted by atomic mass is 19.3. The number of alkyl halides is 2. The number of phenols is 1. The van der Waals surface area contributed by atoms with Gasteiger partial charge < -0.3 is 10.8 Å². The van der Waals surface area contributed by atoms with Gasteiger partial charge in [0.1, 0.15) is 11.6 Å². The normalized spacial score (nSPS) is 21.5. The van der Waals surface area contributed by atoms with Crippen molar-refractivity contribution in [3.63, 3.8) is 0 Å². The third-order valence-corrected chi connectivity index (χ3v) is 3.11. The first kappa shape index (κ1) is 11.3. The molecule has 5 heteroatoms. The Labute approximate surface area is 90.9 Å². The smallest absolute Gasteiger partial charge is 0.250 e. The molecular formula is C11H12F3NO. The number of phenolic OH excluding ortho intramolecular Hbond substituents is 1. The van der Waals surface area contributed by atoms with Crippen molar-refractivity contribution < 1.29 is 18.3 Å². The van der Waals surface area contributed by atoms with Crippen LogP contribution in [0, 0.1) is 5.82 Å². The maximum atomic E-state index is 13.5. The van der Waals surface area contributed by atoms with Crippen LogP contribution in [0.4, 0.5) is 13.2 Å². The average Bonchev–Trinajstić information content (AvgIpc) is 2.13. The molecule has 0 atom stereocenters. The molecule has 1 aliphatic rings. The molecule has 1 aliphatic carbocycles. The fourth-order valence-corrected chi connectivity index (χ4v) is 2.32. The van der Waals surface area contributed by atoms with Crippen LogP contribution in [0.5, 0.6) is 5.75 Å². The average molecular weight is 231 g/mol. The number of aromatic hydroxyl groups is 1. The first-order valence-corrected chi connectivity index (χ1v) is 4.95. The van der Waals surface area contributed by atoms with Crippen molar-refractivity contribution in [3.05, 3.63) is 29.6 Å². The standard InChI is InChI=1S/C11H12F3NO/c12-9-3-7(16)1-2-8(9)10(6-15)4-11(13,14)5-10/h1-3,16H,4-6,15H2. The largest absolute Gasteiger partial charge is 0.508 e. The molecule has 1 aromatic carbocycles. The molecule has 0 aliphatic heterocycles. The summed E-state index contributed by atoms with van der Waals surface area (Å²) in [5, 5.41) is 9.05. The summed E-state index contributed by atoms with van der Waals surface area (Å²) in [5.74, 6) is -3.66. The zero-order chi connectivity index (χ0) is 12.0. The highest BCUT2D eigenvalue weighted by Gasteiger charge is 2.57. The van der Waals surface area contributed by atoms with Crippen molar-refractivity contribution in [3.8, 4) is 5.75 Å². The third-order valence-electron chi connectivity index (χ3n) is 3.11. The van der Waals surface area contributed by atoms with E-state index in [4.69, 9.17) is 10.8 Å². The molecule has 1 saturated carbocycles. The predicted molar refractivity (Wildman–Crippen MR) is 53.0 cm³/mol. The fraction of sp³-hybridized carbons (Fsp3) is 0.455. The highest BCUT2D eigenvalue weighted by Crippen LogP contribution is 2.53. The van der Waals surface area contributed by atoms with Crippen molar-refractivity contribution in [2.75, 3.05) is 6.54 Å². The van der Waals surface area contributed by atoms with Crippen LogP contribution in [0.3, 0.4) is 0 Å². The molecule has 0 unspecified atom stereocenters. The molecule has 16 heavy (non-hydrogen) atoms. The van der Waals surface area contributed by atoms with Crippen molar-refractivity contribution in [1.29, 1.82) is 0 Å². The number of hydrogen-bond acceptors (Lipinski definition) is 2. The monoisotopic (exact) mass is 231 g/mol. The van der Waals surface area contributed by atoms with Gasteiger partial charge in [-0.15, -0.1) is 0 Å². The van der Waals surface area contributed by atoms with E-state index < -0.39 is 30.0 Å². The summed E-state index contributed by atoms with van der Waals surface area (Å²) in [4.78, 5) is 0. The molecule has 2 rings (SSSR count).